The molecule has 1 aliphatic carbocycles. The predicted octanol–water partition coefficient (Wildman–Crippen LogP) is 2.40. The summed E-state index contributed by atoms with van der Waals surface area (Å²) in [4.78, 5) is 2.16. The molecule has 2 atom stereocenters. The van der Waals surface area contributed by atoms with Crippen molar-refractivity contribution >= 4 is 11.6 Å². The average Bonchev–Trinajstić information content (AvgIpc) is 3.15. The van der Waals surface area contributed by atoms with Crippen LogP contribution in [0.2, 0.25) is 5.02 Å². The number of halogens is 1. The van der Waals surface area contributed by atoms with Gasteiger partial charge in [-0.25, -0.2) is 0 Å². The summed E-state index contributed by atoms with van der Waals surface area (Å²) in [5.41, 5.74) is 1.14. The van der Waals surface area contributed by atoms with E-state index in [1.54, 1.807) is 6.20 Å². The van der Waals surface area contributed by atoms with E-state index in [0.717, 1.165) is 29.7 Å². The van der Waals surface area contributed by atoms with E-state index in [1.807, 2.05) is 7.05 Å². The lowest BCUT2D eigenvalue weighted by molar-refractivity contribution is 0.328. The Kier molecular flexibility index (Phi) is 4.87. The normalized spacial score (nSPS) is 18.8. The number of aromatic nitrogens is 2. The summed E-state index contributed by atoms with van der Waals surface area (Å²) >= 11 is 6.37. The first-order valence-electron chi connectivity index (χ1n) is 7.07. The summed E-state index contributed by atoms with van der Waals surface area (Å²) in [6.45, 7) is 4.17. The van der Waals surface area contributed by atoms with Crippen LogP contribution in [0.5, 0.6) is 0 Å². The standard InChI is InChI=1S/C14H25ClN4/c1-10(11-5-6-11)13(16-2)14-12(15)9-17-19(14)8-7-18(3)4/h9-11,13,16H,5-8H2,1-4H3. The van der Waals surface area contributed by atoms with Crippen LogP contribution in [0.3, 0.4) is 0 Å². The molecule has 1 saturated carbocycles. The Labute approximate surface area is 121 Å². The molecule has 0 aromatic carbocycles. The number of nitrogens with zero attached hydrogens (tertiary/aromatic N) is 3. The van der Waals surface area contributed by atoms with Gasteiger partial charge < -0.3 is 10.2 Å². The van der Waals surface area contributed by atoms with E-state index >= 15 is 0 Å². The van der Waals surface area contributed by atoms with Crippen LogP contribution in [0.1, 0.15) is 31.5 Å². The molecule has 4 nitrogen and oxygen atoms in total. The highest BCUT2D eigenvalue weighted by atomic mass is 35.5. The van der Waals surface area contributed by atoms with Gasteiger partial charge in [0.05, 0.1) is 29.5 Å². The molecule has 1 heterocycles. The van der Waals surface area contributed by atoms with E-state index in [-0.39, 0.29) is 0 Å². The van der Waals surface area contributed by atoms with Crippen molar-refractivity contribution in [1.29, 1.82) is 0 Å². The van der Waals surface area contributed by atoms with Gasteiger partial charge in [0.2, 0.25) is 0 Å². The van der Waals surface area contributed by atoms with Crippen molar-refractivity contribution in [3.8, 4) is 0 Å². The van der Waals surface area contributed by atoms with Crippen LogP contribution >= 0.6 is 11.6 Å². The molecule has 1 aromatic rings. The summed E-state index contributed by atoms with van der Waals surface area (Å²) in [5.74, 6) is 1.45. The van der Waals surface area contributed by atoms with Crippen LogP contribution in [0.25, 0.3) is 0 Å². The first-order valence-corrected chi connectivity index (χ1v) is 7.45. The molecule has 0 aliphatic heterocycles. The second kappa shape index (κ2) is 6.25. The fraction of sp³-hybridized carbons (Fsp3) is 0.786. The molecule has 1 aromatic heterocycles. The Balaban J connectivity index is 2.17. The summed E-state index contributed by atoms with van der Waals surface area (Å²) in [6.07, 6.45) is 4.47. The molecule has 5 heteroatoms. The Morgan fingerprint density at radius 1 is 1.53 bits per heavy atom. The smallest absolute Gasteiger partial charge is 0.0834 e. The fourth-order valence-corrected chi connectivity index (χ4v) is 2.96. The van der Waals surface area contributed by atoms with Crippen LogP contribution in [0.15, 0.2) is 6.20 Å². The molecular weight excluding hydrogens is 260 g/mol. The van der Waals surface area contributed by atoms with E-state index in [2.05, 4.69) is 41.0 Å². The van der Waals surface area contributed by atoms with Gasteiger partial charge >= 0.3 is 0 Å². The topological polar surface area (TPSA) is 33.1 Å². The monoisotopic (exact) mass is 284 g/mol. The Morgan fingerprint density at radius 2 is 2.21 bits per heavy atom. The maximum absolute atomic E-state index is 6.37. The van der Waals surface area contributed by atoms with Crippen LogP contribution < -0.4 is 5.32 Å². The largest absolute Gasteiger partial charge is 0.311 e. The minimum Gasteiger partial charge on any atom is -0.311 e. The quantitative estimate of drug-likeness (QED) is 0.835. The molecular formula is C14H25ClN4. The minimum atomic E-state index is 0.296. The molecule has 0 amide bonds. The van der Waals surface area contributed by atoms with Crippen LogP contribution in [0.4, 0.5) is 0 Å². The average molecular weight is 285 g/mol. The molecule has 2 unspecified atom stereocenters. The Morgan fingerprint density at radius 3 is 2.74 bits per heavy atom. The van der Waals surface area contributed by atoms with Crippen LogP contribution in [-0.2, 0) is 6.54 Å². The van der Waals surface area contributed by atoms with E-state index in [0.29, 0.717) is 12.0 Å². The molecule has 1 aliphatic rings. The zero-order valence-electron chi connectivity index (χ0n) is 12.4. The van der Waals surface area contributed by atoms with Gasteiger partial charge in [0, 0.05) is 6.54 Å². The van der Waals surface area contributed by atoms with Crippen molar-refractivity contribution < 1.29 is 0 Å². The maximum atomic E-state index is 6.37. The Hall–Kier alpha value is -0.580. The first kappa shape index (κ1) is 14.8. The van der Waals surface area contributed by atoms with Crippen molar-refractivity contribution in [3.05, 3.63) is 16.9 Å². The Bertz CT molecular complexity index is 412. The van der Waals surface area contributed by atoms with Crippen molar-refractivity contribution in [2.75, 3.05) is 27.7 Å². The van der Waals surface area contributed by atoms with Gasteiger partial charge in [-0.2, -0.15) is 5.10 Å². The SMILES string of the molecule is CNC(c1c(Cl)cnn1CCN(C)C)C(C)C1CC1. The highest BCUT2D eigenvalue weighted by Gasteiger charge is 2.35. The van der Waals surface area contributed by atoms with Crippen molar-refractivity contribution in [3.63, 3.8) is 0 Å². The zero-order valence-corrected chi connectivity index (χ0v) is 13.1. The van der Waals surface area contributed by atoms with Crippen molar-refractivity contribution in [2.24, 2.45) is 11.8 Å². The second-order valence-corrected chi connectivity index (χ2v) is 6.27. The molecule has 2 rings (SSSR count). The fourth-order valence-electron chi connectivity index (χ4n) is 2.70. The van der Waals surface area contributed by atoms with Crippen molar-refractivity contribution in [2.45, 2.75) is 32.4 Å². The summed E-state index contributed by atoms with van der Waals surface area (Å²) in [7, 11) is 6.17. The molecule has 19 heavy (non-hydrogen) atoms. The van der Waals surface area contributed by atoms with E-state index in [4.69, 9.17) is 11.6 Å². The van der Waals surface area contributed by atoms with Gasteiger partial charge in [0.25, 0.3) is 0 Å². The van der Waals surface area contributed by atoms with Crippen LogP contribution in [0, 0.1) is 11.8 Å². The van der Waals surface area contributed by atoms with Gasteiger partial charge in [-0.3, -0.25) is 4.68 Å². The molecule has 1 fully saturated rings. The summed E-state index contributed by atoms with van der Waals surface area (Å²) in [6, 6.07) is 0.296. The number of nitrogens with one attached hydrogen (secondary N) is 1. The molecule has 0 spiro atoms. The van der Waals surface area contributed by atoms with Gasteiger partial charge in [-0.15, -0.1) is 0 Å². The highest BCUT2D eigenvalue weighted by molar-refractivity contribution is 6.31. The van der Waals surface area contributed by atoms with Crippen molar-refractivity contribution in [1.82, 2.24) is 20.0 Å². The maximum Gasteiger partial charge on any atom is 0.0834 e. The highest BCUT2D eigenvalue weighted by Crippen LogP contribution is 2.43. The number of likely N-dealkylation sites (N-methyl/N-ethyl adjacent to an activating group) is 1. The lowest BCUT2D eigenvalue weighted by Crippen LogP contribution is -2.29. The van der Waals surface area contributed by atoms with Gasteiger partial charge in [-0.1, -0.05) is 18.5 Å². The third-order valence-corrected chi connectivity index (χ3v) is 4.38. The number of rotatable bonds is 7. The van der Waals surface area contributed by atoms with Gasteiger partial charge in [0.15, 0.2) is 0 Å². The third-order valence-electron chi connectivity index (χ3n) is 4.09. The summed E-state index contributed by atoms with van der Waals surface area (Å²) < 4.78 is 2.06. The third kappa shape index (κ3) is 3.50. The summed E-state index contributed by atoms with van der Waals surface area (Å²) in [5, 5.41) is 8.66. The van der Waals surface area contributed by atoms with Gasteiger partial charge in [-0.05, 0) is 45.8 Å². The molecule has 0 radical (unpaired) electrons. The second-order valence-electron chi connectivity index (χ2n) is 5.87. The van der Waals surface area contributed by atoms with E-state index in [1.165, 1.54) is 12.8 Å². The van der Waals surface area contributed by atoms with E-state index in [9.17, 15) is 0 Å². The molecule has 1 N–H and O–H groups in total. The van der Waals surface area contributed by atoms with Crippen LogP contribution in [-0.4, -0.2) is 42.4 Å². The lowest BCUT2D eigenvalue weighted by atomic mass is 9.94. The molecule has 108 valence electrons. The lowest BCUT2D eigenvalue weighted by Gasteiger charge is -2.25. The number of hydrogen-bond donors (Lipinski definition) is 1. The minimum absolute atomic E-state index is 0.296. The van der Waals surface area contributed by atoms with E-state index < -0.39 is 0 Å². The van der Waals surface area contributed by atoms with Gasteiger partial charge in [0.1, 0.15) is 0 Å². The molecule has 0 bridgehead atoms. The predicted molar refractivity (Wildman–Crippen MR) is 79.5 cm³/mol. The zero-order chi connectivity index (χ0) is 14.0. The molecule has 0 saturated heterocycles. The number of hydrogen-bond acceptors (Lipinski definition) is 3. The first-order chi connectivity index (χ1) is 9.04.